The van der Waals surface area contributed by atoms with E-state index in [2.05, 4.69) is 15.3 Å². The summed E-state index contributed by atoms with van der Waals surface area (Å²) in [6, 6.07) is 20.8. The van der Waals surface area contributed by atoms with E-state index in [-0.39, 0.29) is 12.3 Å². The Morgan fingerprint density at radius 2 is 1.57 bits per heavy atom. The highest BCUT2D eigenvalue weighted by Gasteiger charge is 2.12. The lowest BCUT2D eigenvalue weighted by Crippen LogP contribution is -2.14. The van der Waals surface area contributed by atoms with Gasteiger partial charge in [-0.2, -0.15) is 0 Å². The Morgan fingerprint density at radius 3 is 2.37 bits per heavy atom. The minimum atomic E-state index is -0.0874. The third kappa shape index (κ3) is 4.84. The number of benzene rings is 3. The van der Waals surface area contributed by atoms with E-state index >= 15 is 0 Å². The monoisotopic (exact) mass is 465 g/mol. The van der Waals surface area contributed by atoms with Gasteiger partial charge in [0.25, 0.3) is 0 Å². The fourth-order valence-electron chi connectivity index (χ4n) is 3.92. The summed E-state index contributed by atoms with van der Waals surface area (Å²) in [7, 11) is 3.19. The van der Waals surface area contributed by atoms with Crippen molar-refractivity contribution in [3.05, 3.63) is 90.9 Å². The molecule has 7 heteroatoms. The molecule has 3 aromatic carbocycles. The number of nitrogens with zero attached hydrogens (tertiary/aromatic N) is 2. The van der Waals surface area contributed by atoms with Crippen molar-refractivity contribution < 1.29 is 19.0 Å². The Kier molecular flexibility index (Phi) is 6.13. The average molecular weight is 466 g/mol. The van der Waals surface area contributed by atoms with E-state index in [1.165, 1.54) is 0 Å². The van der Waals surface area contributed by atoms with Gasteiger partial charge in [0.15, 0.2) is 11.5 Å². The maximum atomic E-state index is 12.5. The molecule has 1 amide bonds. The van der Waals surface area contributed by atoms with Crippen molar-refractivity contribution in [1.82, 2.24) is 9.97 Å². The van der Waals surface area contributed by atoms with E-state index in [0.29, 0.717) is 23.0 Å². The number of hydrogen-bond acceptors (Lipinski definition) is 6. The molecule has 35 heavy (non-hydrogen) atoms. The number of hydrogen-bond donors (Lipinski definition) is 1. The van der Waals surface area contributed by atoms with Crippen molar-refractivity contribution >= 4 is 33.3 Å². The van der Waals surface area contributed by atoms with Gasteiger partial charge in [0.2, 0.25) is 5.91 Å². The molecule has 0 bridgehead atoms. The standard InChI is InChI=1S/C28H23N3O4/c1-33-26-16-23-24(17-27(26)34-2)30-12-9-25(23)35-22-6-4-19-3-5-21(14-20(19)15-22)31-28(32)13-18-7-10-29-11-8-18/h3-12,14-17H,13H2,1-2H3,(H,31,32). The Balaban J connectivity index is 1.40. The number of ether oxygens (including phenoxy) is 3. The molecule has 0 atom stereocenters. The highest BCUT2D eigenvalue weighted by atomic mass is 16.5. The first-order valence-electron chi connectivity index (χ1n) is 11.0. The Morgan fingerprint density at radius 1 is 0.800 bits per heavy atom. The van der Waals surface area contributed by atoms with E-state index in [1.54, 1.807) is 32.8 Å². The molecular weight excluding hydrogens is 442 g/mol. The number of methoxy groups -OCH3 is 2. The first kappa shape index (κ1) is 22.2. The number of carbonyl (C=O) groups is 1. The molecule has 2 heterocycles. The van der Waals surface area contributed by atoms with E-state index in [0.717, 1.165) is 32.9 Å². The summed E-state index contributed by atoms with van der Waals surface area (Å²) >= 11 is 0. The van der Waals surface area contributed by atoms with E-state index in [9.17, 15) is 4.79 Å². The second-order valence-corrected chi connectivity index (χ2v) is 7.94. The molecule has 0 saturated carbocycles. The van der Waals surface area contributed by atoms with Crippen molar-refractivity contribution in [2.45, 2.75) is 6.42 Å². The van der Waals surface area contributed by atoms with Gasteiger partial charge in [0, 0.05) is 35.7 Å². The maximum absolute atomic E-state index is 12.5. The van der Waals surface area contributed by atoms with Crippen LogP contribution in [0.5, 0.6) is 23.0 Å². The van der Waals surface area contributed by atoms with Gasteiger partial charge in [-0.25, -0.2) is 0 Å². The van der Waals surface area contributed by atoms with E-state index in [4.69, 9.17) is 14.2 Å². The van der Waals surface area contributed by atoms with Gasteiger partial charge in [0.05, 0.1) is 26.2 Å². The molecule has 0 saturated heterocycles. The molecule has 5 rings (SSSR count). The van der Waals surface area contributed by atoms with Crippen LogP contribution in [-0.4, -0.2) is 30.1 Å². The third-order valence-corrected chi connectivity index (χ3v) is 5.64. The minimum absolute atomic E-state index is 0.0874. The third-order valence-electron chi connectivity index (χ3n) is 5.64. The van der Waals surface area contributed by atoms with Crippen LogP contribution in [0.1, 0.15) is 5.56 Å². The van der Waals surface area contributed by atoms with Crippen LogP contribution < -0.4 is 19.5 Å². The quantitative estimate of drug-likeness (QED) is 0.328. The Labute approximate surface area is 202 Å². The lowest BCUT2D eigenvalue weighted by molar-refractivity contribution is -0.115. The van der Waals surface area contributed by atoms with E-state index in [1.807, 2.05) is 66.7 Å². The van der Waals surface area contributed by atoms with Crippen LogP contribution in [0, 0.1) is 0 Å². The van der Waals surface area contributed by atoms with Crippen LogP contribution >= 0.6 is 0 Å². The zero-order valence-corrected chi connectivity index (χ0v) is 19.3. The molecule has 0 spiro atoms. The molecule has 0 fully saturated rings. The molecular formula is C28H23N3O4. The highest BCUT2D eigenvalue weighted by molar-refractivity contribution is 5.96. The number of nitrogens with one attached hydrogen (secondary N) is 1. The topological polar surface area (TPSA) is 82.6 Å². The zero-order valence-electron chi connectivity index (χ0n) is 19.3. The highest BCUT2D eigenvalue weighted by Crippen LogP contribution is 2.37. The van der Waals surface area contributed by atoms with Gasteiger partial charge < -0.3 is 19.5 Å². The summed E-state index contributed by atoms with van der Waals surface area (Å²) in [4.78, 5) is 20.9. The Bertz CT molecular complexity index is 1520. The SMILES string of the molecule is COc1cc2nccc(Oc3ccc4ccc(NC(=O)Cc5ccncc5)cc4c3)c2cc1OC. The van der Waals surface area contributed by atoms with Crippen LogP contribution in [0.2, 0.25) is 0 Å². The summed E-state index contributed by atoms with van der Waals surface area (Å²) in [5.41, 5.74) is 2.37. The largest absolute Gasteiger partial charge is 0.493 e. The summed E-state index contributed by atoms with van der Waals surface area (Å²) in [5, 5.41) is 5.76. The van der Waals surface area contributed by atoms with Gasteiger partial charge in [0.1, 0.15) is 11.5 Å². The first-order valence-corrected chi connectivity index (χ1v) is 11.0. The van der Waals surface area contributed by atoms with E-state index < -0.39 is 0 Å². The predicted molar refractivity (Wildman–Crippen MR) is 135 cm³/mol. The molecule has 1 N–H and O–H groups in total. The fraction of sp³-hybridized carbons (Fsp3) is 0.107. The normalized spacial score (nSPS) is 10.8. The van der Waals surface area contributed by atoms with Gasteiger partial charge in [-0.15, -0.1) is 0 Å². The second kappa shape index (κ2) is 9.69. The molecule has 174 valence electrons. The lowest BCUT2D eigenvalue weighted by atomic mass is 10.1. The average Bonchev–Trinajstić information content (AvgIpc) is 2.88. The molecule has 0 unspecified atom stereocenters. The number of carbonyl (C=O) groups excluding carboxylic acids is 1. The number of aromatic nitrogens is 2. The summed E-state index contributed by atoms with van der Waals surface area (Å²) in [6.45, 7) is 0. The van der Waals surface area contributed by atoms with Gasteiger partial charge >= 0.3 is 0 Å². The number of amides is 1. The summed E-state index contributed by atoms with van der Waals surface area (Å²) < 4.78 is 17.1. The van der Waals surface area contributed by atoms with Crippen molar-refractivity contribution in [3.63, 3.8) is 0 Å². The zero-order chi connectivity index (χ0) is 24.2. The molecule has 0 aliphatic rings. The fourth-order valence-corrected chi connectivity index (χ4v) is 3.92. The van der Waals surface area contributed by atoms with Crippen LogP contribution in [0.15, 0.2) is 85.3 Å². The predicted octanol–water partition coefficient (Wildman–Crippen LogP) is 5.77. The van der Waals surface area contributed by atoms with Crippen LogP contribution in [0.3, 0.4) is 0 Å². The first-order chi connectivity index (χ1) is 17.1. The number of fused-ring (bicyclic) bond motifs is 2. The number of anilines is 1. The maximum Gasteiger partial charge on any atom is 0.228 e. The van der Waals surface area contributed by atoms with Crippen molar-refractivity contribution in [1.29, 1.82) is 0 Å². The number of pyridine rings is 2. The van der Waals surface area contributed by atoms with Crippen molar-refractivity contribution in [2.75, 3.05) is 19.5 Å². The lowest BCUT2D eigenvalue weighted by Gasteiger charge is -2.13. The Hall–Kier alpha value is -4.65. The van der Waals surface area contributed by atoms with Crippen LogP contribution in [0.25, 0.3) is 21.7 Å². The summed E-state index contributed by atoms with van der Waals surface area (Å²) in [6.07, 6.45) is 5.34. The summed E-state index contributed by atoms with van der Waals surface area (Å²) in [5.74, 6) is 2.44. The van der Waals surface area contributed by atoms with Crippen molar-refractivity contribution in [2.24, 2.45) is 0 Å². The molecule has 0 radical (unpaired) electrons. The molecule has 2 aromatic heterocycles. The smallest absolute Gasteiger partial charge is 0.228 e. The van der Waals surface area contributed by atoms with Crippen LogP contribution in [0.4, 0.5) is 5.69 Å². The molecule has 0 aliphatic heterocycles. The van der Waals surface area contributed by atoms with Crippen molar-refractivity contribution in [3.8, 4) is 23.0 Å². The minimum Gasteiger partial charge on any atom is -0.493 e. The molecule has 0 aliphatic carbocycles. The van der Waals surface area contributed by atoms with Crippen LogP contribution in [-0.2, 0) is 11.2 Å². The van der Waals surface area contributed by atoms with Gasteiger partial charge in [-0.1, -0.05) is 12.1 Å². The van der Waals surface area contributed by atoms with Gasteiger partial charge in [-0.3, -0.25) is 14.8 Å². The van der Waals surface area contributed by atoms with Gasteiger partial charge in [-0.05, 0) is 64.9 Å². The second-order valence-electron chi connectivity index (χ2n) is 7.94. The molecule has 5 aromatic rings. The molecule has 7 nitrogen and oxygen atoms in total. The number of rotatable bonds is 7.